The summed E-state index contributed by atoms with van der Waals surface area (Å²) in [7, 11) is -1.60. The van der Waals surface area contributed by atoms with Crippen molar-refractivity contribution in [1.82, 2.24) is 4.90 Å². The van der Waals surface area contributed by atoms with Crippen LogP contribution in [0, 0.1) is 10.1 Å². The molecule has 0 aliphatic heterocycles. The van der Waals surface area contributed by atoms with Crippen LogP contribution in [-0.2, 0) is 10.0 Å². The third-order valence-electron chi connectivity index (χ3n) is 2.19. The van der Waals surface area contributed by atoms with Crippen molar-refractivity contribution in [1.29, 1.82) is 0 Å². The highest BCUT2D eigenvalue weighted by atomic mass is 35.5. The number of halogens is 1. The molecule has 0 aromatic heterocycles. The lowest BCUT2D eigenvalue weighted by atomic mass is 10.2. The van der Waals surface area contributed by atoms with E-state index in [0.717, 1.165) is 17.0 Å². The van der Waals surface area contributed by atoms with Gasteiger partial charge in [-0.15, -0.1) is 0 Å². The summed E-state index contributed by atoms with van der Waals surface area (Å²) in [6.45, 7) is 0. The molecule has 1 aromatic rings. The van der Waals surface area contributed by atoms with Gasteiger partial charge in [-0.3, -0.25) is 14.9 Å². The summed E-state index contributed by atoms with van der Waals surface area (Å²) in [4.78, 5) is 22.0. The van der Waals surface area contributed by atoms with E-state index in [1.54, 1.807) is 0 Å². The molecule has 104 valence electrons. The summed E-state index contributed by atoms with van der Waals surface area (Å²) in [6, 6.07) is 1.96. The van der Waals surface area contributed by atoms with Crippen molar-refractivity contribution in [2.75, 3.05) is 14.1 Å². The molecule has 0 aliphatic carbocycles. The monoisotopic (exact) mass is 307 g/mol. The minimum absolute atomic E-state index is 0.317. The van der Waals surface area contributed by atoms with Gasteiger partial charge in [0, 0.05) is 20.2 Å². The predicted octanol–water partition coefficient (Wildman–Crippen LogP) is 0.597. The first-order valence-corrected chi connectivity index (χ1v) is 6.71. The van der Waals surface area contributed by atoms with Gasteiger partial charge in [0.25, 0.3) is 11.6 Å². The molecule has 0 spiro atoms. The average molecular weight is 308 g/mol. The lowest BCUT2D eigenvalue weighted by Crippen LogP contribution is -2.26. The molecule has 0 unspecified atom stereocenters. The number of sulfonamides is 1. The van der Waals surface area contributed by atoms with Crippen LogP contribution in [0.3, 0.4) is 0 Å². The van der Waals surface area contributed by atoms with E-state index < -0.39 is 36.5 Å². The second kappa shape index (κ2) is 5.11. The van der Waals surface area contributed by atoms with Crippen molar-refractivity contribution in [3.63, 3.8) is 0 Å². The van der Waals surface area contributed by atoms with Crippen molar-refractivity contribution in [2.45, 2.75) is 4.90 Å². The van der Waals surface area contributed by atoms with E-state index in [-0.39, 0.29) is 5.56 Å². The number of nitrogens with two attached hydrogens (primary N) is 1. The normalized spacial score (nSPS) is 11.2. The summed E-state index contributed by atoms with van der Waals surface area (Å²) in [5.41, 5.74) is -0.955. The molecule has 0 saturated heterocycles. The highest BCUT2D eigenvalue weighted by Crippen LogP contribution is 2.33. The molecular weight excluding hydrogens is 298 g/mol. The molecular formula is C9H10ClN3O5S. The Hall–Kier alpha value is -1.71. The zero-order chi connectivity index (χ0) is 15.0. The molecule has 1 amide bonds. The molecule has 8 nitrogen and oxygen atoms in total. The maximum Gasteiger partial charge on any atom is 0.289 e. The van der Waals surface area contributed by atoms with Crippen LogP contribution in [0.15, 0.2) is 17.0 Å². The van der Waals surface area contributed by atoms with Crippen LogP contribution in [0.25, 0.3) is 0 Å². The predicted molar refractivity (Wildman–Crippen MR) is 67.5 cm³/mol. The topological polar surface area (TPSA) is 124 Å². The molecule has 1 rings (SSSR count). The Morgan fingerprint density at radius 1 is 1.42 bits per heavy atom. The Balaban J connectivity index is 3.74. The van der Waals surface area contributed by atoms with Crippen molar-refractivity contribution < 1.29 is 18.1 Å². The Labute approximate surface area is 114 Å². The number of hydrogen-bond donors (Lipinski definition) is 1. The van der Waals surface area contributed by atoms with Crippen molar-refractivity contribution in [3.05, 3.63) is 32.8 Å². The number of carbonyl (C=O) groups is 1. The van der Waals surface area contributed by atoms with Gasteiger partial charge in [0.05, 0.1) is 10.5 Å². The van der Waals surface area contributed by atoms with E-state index in [1.165, 1.54) is 14.1 Å². The van der Waals surface area contributed by atoms with Gasteiger partial charge in [-0.2, -0.15) is 0 Å². The summed E-state index contributed by atoms with van der Waals surface area (Å²) < 4.78 is 23.0. The number of amides is 1. The van der Waals surface area contributed by atoms with E-state index in [9.17, 15) is 23.3 Å². The fourth-order valence-corrected chi connectivity index (χ4v) is 2.75. The van der Waals surface area contributed by atoms with Gasteiger partial charge >= 0.3 is 0 Å². The summed E-state index contributed by atoms with van der Waals surface area (Å²) >= 11 is 5.67. The standard InChI is InChI=1S/C9H10ClN3O5S/c1-12(2)9(14)5-3-4-6(13(15)16)7(10)8(5)19(11,17)18/h3-4H,1-2H3,(H2,11,17,18). The van der Waals surface area contributed by atoms with Gasteiger partial charge < -0.3 is 4.90 Å². The average Bonchev–Trinajstić information content (AvgIpc) is 2.24. The fourth-order valence-electron chi connectivity index (χ4n) is 1.37. The molecule has 0 atom stereocenters. The first-order valence-electron chi connectivity index (χ1n) is 4.78. The van der Waals surface area contributed by atoms with E-state index in [0.29, 0.717) is 0 Å². The summed E-state index contributed by atoms with van der Waals surface area (Å²) in [5.74, 6) is -0.680. The van der Waals surface area contributed by atoms with Crippen molar-refractivity contribution in [2.24, 2.45) is 5.14 Å². The van der Waals surface area contributed by atoms with Gasteiger partial charge in [-0.25, -0.2) is 13.6 Å². The first-order chi connectivity index (χ1) is 8.57. The number of benzene rings is 1. The summed E-state index contributed by atoms with van der Waals surface area (Å²) in [5, 5.41) is 15.0. The Morgan fingerprint density at radius 2 is 1.95 bits per heavy atom. The molecule has 0 aliphatic rings. The van der Waals surface area contributed by atoms with Crippen LogP contribution in [0.1, 0.15) is 10.4 Å². The van der Waals surface area contributed by atoms with E-state index in [4.69, 9.17) is 16.7 Å². The number of rotatable bonds is 3. The second-order valence-electron chi connectivity index (χ2n) is 3.78. The Morgan fingerprint density at radius 3 is 2.32 bits per heavy atom. The van der Waals surface area contributed by atoms with E-state index >= 15 is 0 Å². The molecule has 2 N–H and O–H groups in total. The van der Waals surface area contributed by atoms with Crippen LogP contribution in [0.5, 0.6) is 0 Å². The maximum absolute atomic E-state index is 11.8. The third-order valence-corrected chi connectivity index (χ3v) is 3.68. The SMILES string of the molecule is CN(C)C(=O)c1ccc([N+](=O)[O-])c(Cl)c1S(N)(=O)=O. The second-order valence-corrected chi connectivity index (χ2v) is 5.65. The third kappa shape index (κ3) is 3.00. The Bertz CT molecular complexity index is 656. The van der Waals surface area contributed by atoms with Gasteiger partial charge in [0.1, 0.15) is 9.92 Å². The molecule has 1 aromatic carbocycles. The number of nitrogens with zero attached hydrogens (tertiary/aromatic N) is 2. The Kier molecular flexibility index (Phi) is 4.13. The molecule has 0 heterocycles. The molecule has 0 radical (unpaired) electrons. The van der Waals surface area contributed by atoms with Crippen LogP contribution in [0.4, 0.5) is 5.69 Å². The van der Waals surface area contributed by atoms with Crippen LogP contribution in [0.2, 0.25) is 5.02 Å². The molecule has 10 heteroatoms. The number of primary sulfonamides is 1. The molecule has 19 heavy (non-hydrogen) atoms. The number of nitro groups is 1. The number of carbonyl (C=O) groups excluding carboxylic acids is 1. The highest BCUT2D eigenvalue weighted by molar-refractivity contribution is 7.89. The van der Waals surface area contributed by atoms with E-state index in [1.807, 2.05) is 0 Å². The zero-order valence-corrected chi connectivity index (χ0v) is 11.5. The van der Waals surface area contributed by atoms with Gasteiger partial charge in [-0.05, 0) is 6.07 Å². The van der Waals surface area contributed by atoms with Gasteiger partial charge in [0.15, 0.2) is 0 Å². The lowest BCUT2D eigenvalue weighted by Gasteiger charge is -2.14. The first kappa shape index (κ1) is 15.3. The van der Waals surface area contributed by atoms with Crippen molar-refractivity contribution in [3.8, 4) is 0 Å². The van der Waals surface area contributed by atoms with Crippen molar-refractivity contribution >= 4 is 33.2 Å². The van der Waals surface area contributed by atoms with E-state index in [2.05, 4.69) is 0 Å². The summed E-state index contributed by atoms with van der Waals surface area (Å²) in [6.07, 6.45) is 0. The molecule has 0 bridgehead atoms. The smallest absolute Gasteiger partial charge is 0.289 e. The number of nitro benzene ring substituents is 1. The highest BCUT2D eigenvalue weighted by Gasteiger charge is 2.29. The minimum atomic E-state index is -4.38. The lowest BCUT2D eigenvalue weighted by molar-refractivity contribution is -0.384. The van der Waals surface area contributed by atoms with Crippen LogP contribution in [-0.4, -0.2) is 38.2 Å². The van der Waals surface area contributed by atoms with Gasteiger partial charge in [0.2, 0.25) is 10.0 Å². The molecule has 0 fully saturated rings. The van der Waals surface area contributed by atoms with Crippen LogP contribution < -0.4 is 5.14 Å². The van der Waals surface area contributed by atoms with Crippen LogP contribution >= 0.6 is 11.6 Å². The maximum atomic E-state index is 11.8. The zero-order valence-electron chi connectivity index (χ0n) is 9.95. The number of hydrogen-bond acceptors (Lipinski definition) is 5. The molecule has 0 saturated carbocycles. The quantitative estimate of drug-likeness (QED) is 0.646. The fraction of sp³-hybridized carbons (Fsp3) is 0.222. The largest absolute Gasteiger partial charge is 0.345 e. The van der Waals surface area contributed by atoms with Gasteiger partial charge in [-0.1, -0.05) is 11.6 Å². The minimum Gasteiger partial charge on any atom is -0.345 e.